The van der Waals surface area contributed by atoms with E-state index in [9.17, 15) is 13.6 Å². The predicted molar refractivity (Wildman–Crippen MR) is 86.2 cm³/mol. The van der Waals surface area contributed by atoms with Gasteiger partial charge in [0.05, 0.1) is 18.8 Å². The topological polar surface area (TPSA) is 65.4 Å². The Morgan fingerprint density at radius 2 is 2.25 bits per heavy atom. The van der Waals surface area contributed by atoms with E-state index in [1.54, 1.807) is 4.90 Å². The lowest BCUT2D eigenvalue weighted by atomic mass is 10.2. The maximum atomic E-state index is 12.5. The number of aromatic nitrogens is 2. The minimum atomic E-state index is -2.34. The van der Waals surface area contributed by atoms with E-state index in [4.69, 9.17) is 0 Å². The van der Waals surface area contributed by atoms with Crippen molar-refractivity contribution in [3.05, 3.63) is 11.8 Å². The van der Waals surface area contributed by atoms with Crippen molar-refractivity contribution in [2.24, 2.45) is 0 Å². The molecule has 0 saturated carbocycles. The predicted octanol–water partition coefficient (Wildman–Crippen LogP) is 1.18. The van der Waals surface area contributed by atoms with Crippen LogP contribution in [0.3, 0.4) is 0 Å². The van der Waals surface area contributed by atoms with Crippen molar-refractivity contribution in [3.8, 4) is 0 Å². The molecule has 1 fully saturated rings. The van der Waals surface area contributed by atoms with Crippen LogP contribution in [0.5, 0.6) is 0 Å². The highest BCUT2D eigenvalue weighted by atomic mass is 19.3. The van der Waals surface area contributed by atoms with Gasteiger partial charge in [0.2, 0.25) is 0 Å². The van der Waals surface area contributed by atoms with E-state index in [2.05, 4.69) is 20.6 Å². The fourth-order valence-corrected chi connectivity index (χ4v) is 3.37. The third-order valence-electron chi connectivity index (χ3n) is 4.60. The Morgan fingerprint density at radius 3 is 3.04 bits per heavy atom. The molecule has 3 heterocycles. The first kappa shape index (κ1) is 17.1. The summed E-state index contributed by atoms with van der Waals surface area (Å²) < 4.78 is 27.0. The molecule has 9 heteroatoms. The Balaban J connectivity index is 1.48. The van der Waals surface area contributed by atoms with Gasteiger partial charge in [0.25, 0.3) is 6.43 Å². The van der Waals surface area contributed by atoms with E-state index >= 15 is 0 Å². The van der Waals surface area contributed by atoms with Gasteiger partial charge in [0, 0.05) is 31.7 Å². The molecular weight excluding hydrogens is 318 g/mol. The van der Waals surface area contributed by atoms with Crippen molar-refractivity contribution in [2.75, 3.05) is 38.5 Å². The molecule has 1 saturated heterocycles. The van der Waals surface area contributed by atoms with Gasteiger partial charge >= 0.3 is 6.03 Å². The second-order valence-corrected chi connectivity index (χ2v) is 6.50. The number of urea groups is 1. The number of amides is 2. The largest absolute Gasteiger partial charge is 0.336 e. The van der Waals surface area contributed by atoms with Crippen molar-refractivity contribution in [3.63, 3.8) is 0 Å². The molecule has 2 amide bonds. The fraction of sp³-hybridized carbons (Fsp3) is 0.733. The quantitative estimate of drug-likeness (QED) is 0.843. The second-order valence-electron chi connectivity index (χ2n) is 6.50. The van der Waals surface area contributed by atoms with E-state index in [-0.39, 0.29) is 18.6 Å². The number of likely N-dealkylation sites (N-methyl/N-ethyl adjacent to an activating group) is 1. The Kier molecular flexibility index (Phi) is 5.30. The molecule has 0 spiro atoms. The monoisotopic (exact) mass is 342 g/mol. The lowest BCUT2D eigenvalue weighted by Gasteiger charge is -2.24. The summed E-state index contributed by atoms with van der Waals surface area (Å²) in [6.07, 6.45) is -0.616. The molecule has 1 unspecified atom stereocenters. The van der Waals surface area contributed by atoms with Gasteiger partial charge in [-0.1, -0.05) is 0 Å². The molecule has 2 aliphatic heterocycles. The molecule has 24 heavy (non-hydrogen) atoms. The Morgan fingerprint density at radius 1 is 1.42 bits per heavy atom. The molecule has 0 aliphatic carbocycles. The summed E-state index contributed by atoms with van der Waals surface area (Å²) in [4.78, 5) is 16.0. The van der Waals surface area contributed by atoms with Gasteiger partial charge in [-0.05, 0) is 26.4 Å². The van der Waals surface area contributed by atoms with Gasteiger partial charge in [0.15, 0.2) is 5.82 Å². The average Bonchev–Trinajstić information content (AvgIpc) is 3.10. The molecule has 1 aromatic rings. The van der Waals surface area contributed by atoms with Crippen molar-refractivity contribution >= 4 is 11.8 Å². The van der Waals surface area contributed by atoms with Crippen LogP contribution in [0.4, 0.5) is 19.4 Å². The molecule has 134 valence electrons. The number of halogens is 2. The molecule has 0 aromatic carbocycles. The average molecular weight is 342 g/mol. The Labute approximate surface area is 140 Å². The third kappa shape index (κ3) is 4.21. The minimum Gasteiger partial charge on any atom is -0.336 e. The summed E-state index contributed by atoms with van der Waals surface area (Å²) in [5, 5.41) is 9.86. The first-order chi connectivity index (χ1) is 11.5. The van der Waals surface area contributed by atoms with Crippen molar-refractivity contribution in [1.29, 1.82) is 0 Å². The number of anilines is 1. The van der Waals surface area contributed by atoms with Gasteiger partial charge in [-0.2, -0.15) is 5.10 Å². The first-order valence-electron chi connectivity index (χ1n) is 8.33. The van der Waals surface area contributed by atoms with E-state index in [1.165, 1.54) is 0 Å². The van der Waals surface area contributed by atoms with Gasteiger partial charge in [-0.3, -0.25) is 19.8 Å². The molecule has 7 nitrogen and oxygen atoms in total. The van der Waals surface area contributed by atoms with Gasteiger partial charge in [-0.15, -0.1) is 0 Å². The van der Waals surface area contributed by atoms with E-state index in [0.29, 0.717) is 18.9 Å². The number of alkyl halides is 2. The van der Waals surface area contributed by atoms with E-state index in [0.717, 1.165) is 38.2 Å². The van der Waals surface area contributed by atoms with Crippen LogP contribution >= 0.6 is 0 Å². The number of likely N-dealkylation sites (tertiary alicyclic amines) is 1. The summed E-state index contributed by atoms with van der Waals surface area (Å²) in [5.74, 6) is 0.522. The summed E-state index contributed by atoms with van der Waals surface area (Å²) >= 11 is 0. The molecule has 1 atom stereocenters. The molecule has 2 N–H and O–H groups in total. The molecule has 0 bridgehead atoms. The number of fused-ring (bicyclic) bond motifs is 1. The summed E-state index contributed by atoms with van der Waals surface area (Å²) in [7, 11) is 2.04. The highest BCUT2D eigenvalue weighted by Crippen LogP contribution is 2.18. The summed E-state index contributed by atoms with van der Waals surface area (Å²) in [6, 6.07) is 1.50. The van der Waals surface area contributed by atoms with Crippen LogP contribution in [-0.4, -0.2) is 71.3 Å². The summed E-state index contributed by atoms with van der Waals surface area (Å²) in [6.45, 7) is 3.35. The van der Waals surface area contributed by atoms with Crippen molar-refractivity contribution in [2.45, 2.75) is 38.4 Å². The van der Waals surface area contributed by atoms with Gasteiger partial charge in [-0.25, -0.2) is 13.6 Å². The zero-order valence-electron chi connectivity index (χ0n) is 13.8. The third-order valence-corrected chi connectivity index (χ3v) is 4.60. The maximum absolute atomic E-state index is 12.5. The zero-order chi connectivity index (χ0) is 17.1. The highest BCUT2D eigenvalue weighted by molar-refractivity contribution is 5.88. The van der Waals surface area contributed by atoms with Crippen molar-refractivity contribution in [1.82, 2.24) is 24.9 Å². The van der Waals surface area contributed by atoms with Crippen LogP contribution in [-0.2, 0) is 13.1 Å². The first-order valence-corrected chi connectivity index (χ1v) is 8.33. The molecule has 3 rings (SSSR count). The Hall–Kier alpha value is -1.74. The lowest BCUT2D eigenvalue weighted by molar-refractivity contribution is 0.0826. The number of nitrogens with one attached hydrogen (secondary N) is 2. The normalized spacial score (nSPS) is 21.9. The highest BCUT2D eigenvalue weighted by Gasteiger charge is 2.27. The number of hydrogen-bond donors (Lipinski definition) is 2. The van der Waals surface area contributed by atoms with E-state index in [1.807, 2.05) is 17.8 Å². The second kappa shape index (κ2) is 7.43. The van der Waals surface area contributed by atoms with Crippen LogP contribution in [0, 0.1) is 0 Å². The van der Waals surface area contributed by atoms with Gasteiger partial charge in [0.1, 0.15) is 0 Å². The maximum Gasteiger partial charge on any atom is 0.320 e. The van der Waals surface area contributed by atoms with Crippen LogP contribution < -0.4 is 10.6 Å². The standard InChI is InChI=1S/C15H24F2N6O/c1-21-5-6-23-12(9-21)7-14(20-23)19-15(24)18-8-11-3-2-4-22(11)10-13(16)17/h7,11,13H,2-6,8-10H2,1H3,(H2,18,19,20,24). The zero-order valence-corrected chi connectivity index (χ0v) is 13.8. The molecule has 0 radical (unpaired) electrons. The molecule has 2 aliphatic rings. The number of carbonyl (C=O) groups is 1. The van der Waals surface area contributed by atoms with Crippen LogP contribution in [0.2, 0.25) is 0 Å². The SMILES string of the molecule is CN1CCn2nc(NC(=O)NCC3CCCN3CC(F)F)cc2C1. The van der Waals surface area contributed by atoms with Gasteiger partial charge < -0.3 is 5.32 Å². The van der Waals surface area contributed by atoms with E-state index < -0.39 is 6.43 Å². The number of carbonyl (C=O) groups excluding carboxylic acids is 1. The minimum absolute atomic E-state index is 0.0198. The van der Waals surface area contributed by atoms with Crippen LogP contribution in [0.15, 0.2) is 6.07 Å². The fourth-order valence-electron chi connectivity index (χ4n) is 3.37. The molecule has 1 aromatic heterocycles. The number of hydrogen-bond acceptors (Lipinski definition) is 4. The van der Waals surface area contributed by atoms with Crippen LogP contribution in [0.1, 0.15) is 18.5 Å². The summed E-state index contributed by atoms with van der Waals surface area (Å²) in [5.41, 5.74) is 1.07. The number of nitrogens with zero attached hydrogens (tertiary/aromatic N) is 4. The Bertz CT molecular complexity index is 578. The lowest BCUT2D eigenvalue weighted by Crippen LogP contribution is -2.43. The molecular formula is C15H24F2N6O. The number of rotatable bonds is 5. The van der Waals surface area contributed by atoms with Crippen LogP contribution in [0.25, 0.3) is 0 Å². The smallest absolute Gasteiger partial charge is 0.320 e. The van der Waals surface area contributed by atoms with Crippen molar-refractivity contribution < 1.29 is 13.6 Å².